The summed E-state index contributed by atoms with van der Waals surface area (Å²) in [4.78, 5) is 26.8. The summed E-state index contributed by atoms with van der Waals surface area (Å²) in [6, 6.07) is 0.284. The molecule has 2 aliphatic rings. The van der Waals surface area contributed by atoms with Crippen LogP contribution in [0.3, 0.4) is 0 Å². The van der Waals surface area contributed by atoms with Gasteiger partial charge in [0.2, 0.25) is 5.91 Å². The third-order valence-electron chi connectivity index (χ3n) is 5.59. The smallest absolute Gasteiger partial charge is 0.257 e. The Labute approximate surface area is 178 Å². The number of rotatable bonds is 8. The van der Waals surface area contributed by atoms with Crippen molar-refractivity contribution >= 4 is 24.2 Å². The Morgan fingerprint density at radius 1 is 1.17 bits per heavy atom. The summed E-state index contributed by atoms with van der Waals surface area (Å²) in [6.07, 6.45) is 11.7. The highest BCUT2D eigenvalue weighted by molar-refractivity contribution is 5.93. The van der Waals surface area contributed by atoms with Crippen LogP contribution in [0.1, 0.15) is 61.7 Å². The van der Waals surface area contributed by atoms with E-state index in [1.54, 1.807) is 17.1 Å². The van der Waals surface area contributed by atoms with Crippen LogP contribution < -0.4 is 11.1 Å². The van der Waals surface area contributed by atoms with Crippen molar-refractivity contribution in [1.29, 1.82) is 0 Å². The quantitative estimate of drug-likeness (QED) is 0.615. The zero-order valence-electron chi connectivity index (χ0n) is 17.1. The fraction of sp³-hybridized carbons (Fsp3) is 0.750. The van der Waals surface area contributed by atoms with Crippen molar-refractivity contribution in [3.8, 4) is 0 Å². The third-order valence-corrected chi connectivity index (χ3v) is 5.59. The molecule has 8 nitrogen and oxygen atoms in total. The minimum Gasteiger partial charge on any atom is -0.378 e. The van der Waals surface area contributed by atoms with E-state index in [2.05, 4.69) is 10.4 Å². The number of hydrogen-bond donors (Lipinski definition) is 2. The Balaban J connectivity index is 0.00000300. The summed E-state index contributed by atoms with van der Waals surface area (Å²) in [5.74, 6) is -0.0659. The van der Waals surface area contributed by atoms with Gasteiger partial charge < -0.3 is 20.7 Å². The lowest BCUT2D eigenvalue weighted by molar-refractivity contribution is -0.122. The number of carbonyl (C=O) groups is 2. The molecule has 0 bridgehead atoms. The van der Waals surface area contributed by atoms with Crippen LogP contribution in [0.25, 0.3) is 0 Å². The monoisotopic (exact) mass is 427 g/mol. The van der Waals surface area contributed by atoms with Gasteiger partial charge in [0.1, 0.15) is 6.54 Å². The zero-order chi connectivity index (χ0) is 19.8. The van der Waals surface area contributed by atoms with Crippen molar-refractivity contribution in [2.75, 3.05) is 26.2 Å². The van der Waals surface area contributed by atoms with E-state index in [0.29, 0.717) is 31.8 Å². The fourth-order valence-corrected chi connectivity index (χ4v) is 3.97. The molecule has 1 aromatic heterocycles. The minimum atomic E-state index is -0.0376. The van der Waals surface area contributed by atoms with Gasteiger partial charge in [-0.3, -0.25) is 14.3 Å². The standard InChI is InChI=1S/C20H33N5O3.ClH/c21-9-4-12-28-18-7-10-24(11-8-18)20(27)16-13-22-25(14-16)15-19(26)23-17-5-2-1-3-6-17;/h13-14,17-18H,1-12,15,21H2,(H,23,26);1H. The van der Waals surface area contributed by atoms with Crippen molar-refractivity contribution in [2.24, 2.45) is 5.73 Å². The molecular weight excluding hydrogens is 394 g/mol. The van der Waals surface area contributed by atoms with Crippen LogP contribution in [-0.2, 0) is 16.1 Å². The minimum absolute atomic E-state index is 0. The molecule has 0 unspecified atom stereocenters. The molecule has 164 valence electrons. The Hall–Kier alpha value is -1.64. The topological polar surface area (TPSA) is 102 Å². The first-order valence-corrected chi connectivity index (χ1v) is 10.6. The summed E-state index contributed by atoms with van der Waals surface area (Å²) in [7, 11) is 0. The lowest BCUT2D eigenvalue weighted by atomic mass is 9.95. The molecule has 1 aliphatic heterocycles. The summed E-state index contributed by atoms with van der Waals surface area (Å²) < 4.78 is 7.34. The Kier molecular flexibility index (Phi) is 9.90. The average molecular weight is 428 g/mol. The molecule has 1 saturated heterocycles. The molecule has 1 aromatic rings. The molecule has 0 spiro atoms. The molecular formula is C20H34ClN5O3. The third kappa shape index (κ3) is 7.28. The predicted octanol–water partition coefficient (Wildman–Crippen LogP) is 1.72. The highest BCUT2D eigenvalue weighted by atomic mass is 35.5. The van der Waals surface area contributed by atoms with Crippen molar-refractivity contribution in [2.45, 2.75) is 70.1 Å². The molecule has 1 aliphatic carbocycles. The number of likely N-dealkylation sites (tertiary alicyclic amines) is 1. The highest BCUT2D eigenvalue weighted by Gasteiger charge is 2.25. The molecule has 1 saturated carbocycles. The van der Waals surface area contributed by atoms with Gasteiger partial charge in [0.05, 0.1) is 17.9 Å². The molecule has 3 rings (SSSR count). The van der Waals surface area contributed by atoms with E-state index < -0.39 is 0 Å². The van der Waals surface area contributed by atoms with Gasteiger partial charge in [-0.2, -0.15) is 5.10 Å². The lowest BCUT2D eigenvalue weighted by Crippen LogP contribution is -2.41. The van der Waals surface area contributed by atoms with E-state index in [1.165, 1.54) is 19.3 Å². The largest absolute Gasteiger partial charge is 0.378 e. The first-order valence-electron chi connectivity index (χ1n) is 10.6. The summed E-state index contributed by atoms with van der Waals surface area (Å²) >= 11 is 0. The number of carbonyl (C=O) groups excluding carboxylic acids is 2. The van der Waals surface area contributed by atoms with E-state index in [0.717, 1.165) is 32.1 Å². The molecule has 0 aromatic carbocycles. The summed E-state index contributed by atoms with van der Waals surface area (Å²) in [5.41, 5.74) is 6.02. The number of nitrogens with zero attached hydrogens (tertiary/aromatic N) is 3. The number of nitrogens with two attached hydrogens (primary N) is 1. The Morgan fingerprint density at radius 2 is 1.90 bits per heavy atom. The van der Waals surface area contributed by atoms with E-state index >= 15 is 0 Å². The maximum absolute atomic E-state index is 12.7. The maximum Gasteiger partial charge on any atom is 0.257 e. The molecule has 29 heavy (non-hydrogen) atoms. The fourth-order valence-electron chi connectivity index (χ4n) is 3.97. The molecule has 0 atom stereocenters. The van der Waals surface area contributed by atoms with Crippen molar-refractivity contribution in [3.05, 3.63) is 18.0 Å². The lowest BCUT2D eigenvalue weighted by Gasteiger charge is -2.31. The summed E-state index contributed by atoms with van der Waals surface area (Å²) in [6.45, 7) is 2.84. The molecule has 3 N–H and O–H groups in total. The van der Waals surface area contributed by atoms with Crippen LogP contribution in [0, 0.1) is 0 Å². The van der Waals surface area contributed by atoms with Gasteiger partial charge in [-0.1, -0.05) is 19.3 Å². The average Bonchev–Trinajstić information content (AvgIpc) is 3.17. The SMILES string of the molecule is Cl.NCCCOC1CCN(C(=O)c2cnn(CC(=O)NC3CCCCC3)c2)CC1. The molecule has 0 radical (unpaired) electrons. The van der Waals surface area contributed by atoms with Gasteiger partial charge in [-0.25, -0.2) is 0 Å². The van der Waals surface area contributed by atoms with Crippen molar-refractivity contribution < 1.29 is 14.3 Å². The van der Waals surface area contributed by atoms with Crippen LogP contribution >= 0.6 is 12.4 Å². The number of halogens is 1. The summed E-state index contributed by atoms with van der Waals surface area (Å²) in [5, 5.41) is 7.28. The van der Waals surface area contributed by atoms with Gasteiger partial charge in [0.25, 0.3) is 5.91 Å². The van der Waals surface area contributed by atoms with Gasteiger partial charge >= 0.3 is 0 Å². The van der Waals surface area contributed by atoms with E-state index in [4.69, 9.17) is 10.5 Å². The highest BCUT2D eigenvalue weighted by Crippen LogP contribution is 2.18. The molecule has 2 fully saturated rings. The zero-order valence-corrected chi connectivity index (χ0v) is 17.9. The first-order chi connectivity index (χ1) is 13.7. The van der Waals surface area contributed by atoms with E-state index in [1.807, 2.05) is 4.90 Å². The Morgan fingerprint density at radius 3 is 2.59 bits per heavy atom. The number of ether oxygens (including phenoxy) is 1. The van der Waals surface area contributed by atoms with Gasteiger partial charge in [0, 0.05) is 31.9 Å². The van der Waals surface area contributed by atoms with E-state index in [-0.39, 0.29) is 42.9 Å². The second-order valence-corrected chi connectivity index (χ2v) is 7.83. The van der Waals surface area contributed by atoms with Gasteiger partial charge in [-0.05, 0) is 38.6 Å². The molecule has 2 heterocycles. The number of hydrogen-bond acceptors (Lipinski definition) is 5. The molecule has 9 heteroatoms. The van der Waals surface area contributed by atoms with Gasteiger partial charge in [-0.15, -0.1) is 12.4 Å². The van der Waals surface area contributed by atoms with Crippen LogP contribution in [-0.4, -0.2) is 64.9 Å². The van der Waals surface area contributed by atoms with Crippen molar-refractivity contribution in [1.82, 2.24) is 20.0 Å². The normalized spacial score (nSPS) is 18.3. The number of aromatic nitrogens is 2. The number of nitrogens with one attached hydrogen (secondary N) is 1. The molecule has 2 amide bonds. The van der Waals surface area contributed by atoms with Crippen LogP contribution in [0.4, 0.5) is 0 Å². The second-order valence-electron chi connectivity index (χ2n) is 7.83. The second kappa shape index (κ2) is 12.1. The Bertz CT molecular complexity index is 640. The van der Waals surface area contributed by atoms with Crippen molar-refractivity contribution in [3.63, 3.8) is 0 Å². The van der Waals surface area contributed by atoms with Crippen LogP contribution in [0.15, 0.2) is 12.4 Å². The van der Waals surface area contributed by atoms with Crippen LogP contribution in [0.2, 0.25) is 0 Å². The van der Waals surface area contributed by atoms with E-state index in [9.17, 15) is 9.59 Å². The predicted molar refractivity (Wildman–Crippen MR) is 113 cm³/mol. The maximum atomic E-state index is 12.7. The first kappa shape index (κ1) is 23.6. The van der Waals surface area contributed by atoms with Crippen LogP contribution in [0.5, 0.6) is 0 Å². The van der Waals surface area contributed by atoms with Gasteiger partial charge in [0.15, 0.2) is 0 Å². The number of piperidine rings is 1. The number of amides is 2.